The molecule has 1 N–H and O–H groups in total. The highest BCUT2D eigenvalue weighted by atomic mass is 79.9. The molecule has 1 aromatic carbocycles. The molecular weight excluding hydrogens is 304 g/mol. The van der Waals surface area contributed by atoms with Gasteiger partial charge in [-0.25, -0.2) is 0 Å². The third-order valence-corrected chi connectivity index (χ3v) is 5.15. The highest BCUT2D eigenvalue weighted by Gasteiger charge is 2.39. The molecule has 0 spiro atoms. The van der Waals surface area contributed by atoms with E-state index in [0.717, 1.165) is 16.6 Å². The zero-order valence-electron chi connectivity index (χ0n) is 12.0. The van der Waals surface area contributed by atoms with Gasteiger partial charge in [0.2, 0.25) is 0 Å². The number of hydrogen-bond donors (Lipinski definition) is 1. The van der Waals surface area contributed by atoms with Crippen LogP contribution in [0.15, 0.2) is 22.7 Å². The van der Waals surface area contributed by atoms with Crippen LogP contribution >= 0.6 is 15.9 Å². The lowest BCUT2D eigenvalue weighted by Crippen LogP contribution is -2.56. The summed E-state index contributed by atoms with van der Waals surface area (Å²) in [6.45, 7) is 1.12. The number of halogens is 1. The van der Waals surface area contributed by atoms with E-state index < -0.39 is 0 Å². The second kappa shape index (κ2) is 5.81. The molecule has 0 amide bonds. The minimum absolute atomic E-state index is 0.0756. The normalized spacial score (nSPS) is 17.4. The first-order valence-electron chi connectivity index (χ1n) is 6.76. The third-order valence-electron chi connectivity index (χ3n) is 4.41. The molecule has 0 heterocycles. The SMILES string of the molecule is CN(CC1(N(C)C)CCC1)c1ccc(CO)c(Br)c1. The van der Waals surface area contributed by atoms with Gasteiger partial charge in [-0.2, -0.15) is 0 Å². The zero-order valence-corrected chi connectivity index (χ0v) is 13.6. The summed E-state index contributed by atoms with van der Waals surface area (Å²) in [5, 5.41) is 9.20. The van der Waals surface area contributed by atoms with Gasteiger partial charge in [0.1, 0.15) is 0 Å². The Morgan fingerprint density at radius 3 is 2.37 bits per heavy atom. The summed E-state index contributed by atoms with van der Waals surface area (Å²) in [6.07, 6.45) is 3.89. The summed E-state index contributed by atoms with van der Waals surface area (Å²) in [5.41, 5.74) is 2.46. The van der Waals surface area contributed by atoms with E-state index in [4.69, 9.17) is 0 Å². The fourth-order valence-corrected chi connectivity index (χ4v) is 3.26. The van der Waals surface area contributed by atoms with Gasteiger partial charge < -0.3 is 14.9 Å². The summed E-state index contributed by atoms with van der Waals surface area (Å²) >= 11 is 3.52. The lowest BCUT2D eigenvalue weighted by atomic mass is 9.75. The molecule has 0 aliphatic heterocycles. The van der Waals surface area contributed by atoms with Crippen LogP contribution in [0.5, 0.6) is 0 Å². The molecule has 0 bridgehead atoms. The van der Waals surface area contributed by atoms with E-state index in [2.05, 4.69) is 59.0 Å². The summed E-state index contributed by atoms with van der Waals surface area (Å²) in [4.78, 5) is 4.68. The van der Waals surface area contributed by atoms with Gasteiger partial charge in [0.15, 0.2) is 0 Å². The van der Waals surface area contributed by atoms with E-state index in [1.165, 1.54) is 24.9 Å². The molecule has 0 radical (unpaired) electrons. The molecule has 1 aliphatic carbocycles. The number of benzene rings is 1. The van der Waals surface area contributed by atoms with Crippen molar-refractivity contribution < 1.29 is 5.11 Å². The Kier molecular flexibility index (Phi) is 4.54. The van der Waals surface area contributed by atoms with Gasteiger partial charge in [-0.3, -0.25) is 0 Å². The van der Waals surface area contributed by atoms with Gasteiger partial charge in [0.25, 0.3) is 0 Å². The first kappa shape index (κ1) is 14.8. The van der Waals surface area contributed by atoms with Crippen molar-refractivity contribution in [3.8, 4) is 0 Å². The van der Waals surface area contributed by atoms with Crippen molar-refractivity contribution >= 4 is 21.6 Å². The number of nitrogens with zero attached hydrogens (tertiary/aromatic N) is 2. The van der Waals surface area contributed by atoms with Crippen LogP contribution in [-0.4, -0.2) is 43.2 Å². The van der Waals surface area contributed by atoms with Crippen LogP contribution in [0.1, 0.15) is 24.8 Å². The van der Waals surface area contributed by atoms with Crippen molar-refractivity contribution in [2.45, 2.75) is 31.4 Å². The number of likely N-dealkylation sites (N-methyl/N-ethyl adjacent to an activating group) is 2. The van der Waals surface area contributed by atoms with Crippen LogP contribution in [0, 0.1) is 0 Å². The van der Waals surface area contributed by atoms with Gasteiger partial charge in [0, 0.05) is 29.3 Å². The average molecular weight is 327 g/mol. The number of anilines is 1. The third kappa shape index (κ3) is 2.96. The molecule has 1 aliphatic rings. The lowest BCUT2D eigenvalue weighted by Gasteiger charge is -2.49. The fourth-order valence-electron chi connectivity index (χ4n) is 2.77. The van der Waals surface area contributed by atoms with Crippen molar-refractivity contribution in [2.24, 2.45) is 0 Å². The molecule has 106 valence electrons. The van der Waals surface area contributed by atoms with Gasteiger partial charge in [-0.15, -0.1) is 0 Å². The van der Waals surface area contributed by atoms with E-state index in [-0.39, 0.29) is 6.61 Å². The number of rotatable bonds is 5. The van der Waals surface area contributed by atoms with E-state index >= 15 is 0 Å². The monoisotopic (exact) mass is 326 g/mol. The van der Waals surface area contributed by atoms with Crippen molar-refractivity contribution in [1.29, 1.82) is 0 Å². The molecule has 0 saturated heterocycles. The van der Waals surface area contributed by atoms with Crippen LogP contribution in [-0.2, 0) is 6.61 Å². The van der Waals surface area contributed by atoms with Crippen molar-refractivity contribution in [1.82, 2.24) is 4.90 Å². The smallest absolute Gasteiger partial charge is 0.0692 e. The topological polar surface area (TPSA) is 26.7 Å². The van der Waals surface area contributed by atoms with E-state index in [0.29, 0.717) is 5.54 Å². The Morgan fingerprint density at radius 2 is 1.95 bits per heavy atom. The van der Waals surface area contributed by atoms with Crippen LogP contribution in [0.2, 0.25) is 0 Å². The Balaban J connectivity index is 2.11. The summed E-state index contributed by atoms with van der Waals surface area (Å²) in [7, 11) is 6.50. The summed E-state index contributed by atoms with van der Waals surface area (Å²) in [5.74, 6) is 0. The Morgan fingerprint density at radius 1 is 1.26 bits per heavy atom. The quantitative estimate of drug-likeness (QED) is 0.901. The number of aliphatic hydroxyl groups excluding tert-OH is 1. The van der Waals surface area contributed by atoms with Gasteiger partial charge in [0.05, 0.1) is 6.61 Å². The second-order valence-corrected chi connectivity index (χ2v) is 6.62. The molecule has 0 aromatic heterocycles. The highest BCUT2D eigenvalue weighted by Crippen LogP contribution is 2.37. The first-order valence-corrected chi connectivity index (χ1v) is 7.56. The predicted octanol–water partition coefficient (Wildman–Crippen LogP) is 2.86. The lowest BCUT2D eigenvalue weighted by molar-refractivity contribution is 0.0683. The zero-order chi connectivity index (χ0) is 14.0. The molecule has 1 saturated carbocycles. The van der Waals surface area contributed by atoms with Crippen molar-refractivity contribution in [3.63, 3.8) is 0 Å². The first-order chi connectivity index (χ1) is 8.98. The Labute approximate surface area is 124 Å². The van der Waals surface area contributed by atoms with Crippen LogP contribution in [0.4, 0.5) is 5.69 Å². The maximum atomic E-state index is 9.20. The minimum atomic E-state index is 0.0756. The van der Waals surface area contributed by atoms with Gasteiger partial charge in [-0.1, -0.05) is 22.0 Å². The Hall–Kier alpha value is -0.580. The molecule has 4 heteroatoms. The molecule has 19 heavy (non-hydrogen) atoms. The van der Waals surface area contributed by atoms with Crippen LogP contribution in [0.25, 0.3) is 0 Å². The second-order valence-electron chi connectivity index (χ2n) is 5.76. The van der Waals surface area contributed by atoms with Gasteiger partial charge in [-0.05, 0) is 51.1 Å². The molecule has 0 unspecified atom stereocenters. The maximum Gasteiger partial charge on any atom is 0.0692 e. The Bertz CT molecular complexity index is 444. The molecule has 2 rings (SSSR count). The molecule has 1 fully saturated rings. The molecular formula is C15H23BrN2O. The van der Waals surface area contributed by atoms with Crippen LogP contribution < -0.4 is 4.90 Å². The standard InChI is InChI=1S/C15H23BrN2O/c1-17(2)15(7-4-8-15)11-18(3)13-6-5-12(10-19)14(16)9-13/h5-6,9,19H,4,7-8,10-11H2,1-3H3. The van der Waals surface area contributed by atoms with E-state index in [1.807, 2.05) is 6.07 Å². The van der Waals surface area contributed by atoms with E-state index in [9.17, 15) is 5.11 Å². The largest absolute Gasteiger partial charge is 0.392 e. The van der Waals surface area contributed by atoms with E-state index in [1.54, 1.807) is 0 Å². The summed E-state index contributed by atoms with van der Waals surface area (Å²) in [6, 6.07) is 6.16. The number of aliphatic hydroxyl groups is 1. The van der Waals surface area contributed by atoms with Crippen LogP contribution in [0.3, 0.4) is 0 Å². The number of hydrogen-bond acceptors (Lipinski definition) is 3. The maximum absolute atomic E-state index is 9.20. The molecule has 0 atom stereocenters. The molecule has 3 nitrogen and oxygen atoms in total. The molecule has 1 aromatic rings. The fraction of sp³-hybridized carbons (Fsp3) is 0.600. The van der Waals surface area contributed by atoms with Gasteiger partial charge >= 0.3 is 0 Å². The highest BCUT2D eigenvalue weighted by molar-refractivity contribution is 9.10. The minimum Gasteiger partial charge on any atom is -0.392 e. The average Bonchev–Trinajstić information content (AvgIpc) is 2.32. The van der Waals surface area contributed by atoms with Crippen molar-refractivity contribution in [3.05, 3.63) is 28.2 Å². The van der Waals surface area contributed by atoms with Crippen molar-refractivity contribution in [2.75, 3.05) is 32.6 Å². The summed E-state index contributed by atoms with van der Waals surface area (Å²) < 4.78 is 0.979. The predicted molar refractivity (Wildman–Crippen MR) is 83.6 cm³/mol.